The number of hydrogen-bond acceptors (Lipinski definition) is 5. The molecule has 2 aromatic rings. The Morgan fingerprint density at radius 3 is 3.30 bits per heavy atom. The van der Waals surface area contributed by atoms with E-state index in [1.807, 2.05) is 9.47 Å². The van der Waals surface area contributed by atoms with Crippen LogP contribution in [-0.2, 0) is 30.8 Å². The maximum Gasteiger partial charge on any atom is 0.240 e. The number of hydrogen-bond donors (Lipinski definition) is 2. The molecular weight excluding hydrogens is 258 g/mol. The number of imidazole rings is 1. The minimum absolute atomic E-state index is 0.118. The van der Waals surface area contributed by atoms with E-state index in [1.165, 1.54) is 0 Å². The quantitative estimate of drug-likeness (QED) is 0.699. The Bertz CT molecular complexity index is 592. The highest BCUT2D eigenvalue weighted by atomic mass is 16.2. The molecule has 2 aliphatic heterocycles. The van der Waals surface area contributed by atoms with Crippen molar-refractivity contribution in [3.05, 3.63) is 29.9 Å². The molecule has 1 atom stereocenters. The Hall–Kier alpha value is -2.22. The summed E-state index contributed by atoms with van der Waals surface area (Å²) in [6.45, 7) is 2.66. The molecule has 2 N–H and O–H groups in total. The summed E-state index contributed by atoms with van der Waals surface area (Å²) in [7, 11) is 0. The van der Waals surface area contributed by atoms with Crippen LogP contribution < -0.4 is 5.32 Å². The van der Waals surface area contributed by atoms with Crippen LogP contribution in [0.3, 0.4) is 0 Å². The predicted molar refractivity (Wildman–Crippen MR) is 68.4 cm³/mol. The third kappa shape index (κ3) is 1.80. The Labute approximate surface area is 115 Å². The van der Waals surface area contributed by atoms with Crippen molar-refractivity contribution in [1.29, 1.82) is 0 Å². The zero-order valence-corrected chi connectivity index (χ0v) is 10.9. The molecule has 0 spiro atoms. The van der Waals surface area contributed by atoms with Gasteiger partial charge in [0.05, 0.1) is 30.3 Å². The van der Waals surface area contributed by atoms with Crippen molar-refractivity contribution < 1.29 is 4.79 Å². The monoisotopic (exact) mass is 273 g/mol. The summed E-state index contributed by atoms with van der Waals surface area (Å²) < 4.78 is 1.99. The first-order valence-corrected chi connectivity index (χ1v) is 6.71. The van der Waals surface area contributed by atoms with Crippen LogP contribution in [0.2, 0.25) is 0 Å². The Morgan fingerprint density at radius 1 is 1.40 bits per heavy atom. The first-order valence-electron chi connectivity index (χ1n) is 6.71. The molecule has 0 saturated carbocycles. The zero-order chi connectivity index (χ0) is 13.5. The predicted octanol–water partition coefficient (Wildman–Crippen LogP) is -0.942. The summed E-state index contributed by atoms with van der Waals surface area (Å²) in [6.07, 6.45) is 4.04. The molecule has 0 saturated heterocycles. The van der Waals surface area contributed by atoms with Crippen LogP contribution >= 0.6 is 0 Å². The summed E-state index contributed by atoms with van der Waals surface area (Å²) in [4.78, 5) is 21.8. The number of fused-ring (bicyclic) bond motifs is 2. The molecule has 2 aromatic heterocycles. The smallest absolute Gasteiger partial charge is 0.240 e. The van der Waals surface area contributed by atoms with Crippen LogP contribution in [-0.4, -0.2) is 48.1 Å². The molecule has 8 nitrogen and oxygen atoms in total. The van der Waals surface area contributed by atoms with E-state index in [9.17, 15) is 4.79 Å². The normalized spacial score (nSPS) is 21.4. The van der Waals surface area contributed by atoms with Gasteiger partial charge in [0.2, 0.25) is 5.91 Å². The molecule has 8 heteroatoms. The minimum Gasteiger partial charge on any atom is -0.347 e. The second kappa shape index (κ2) is 4.41. The Balaban J connectivity index is 1.49. The lowest BCUT2D eigenvalue weighted by Gasteiger charge is -2.32. The second-order valence-electron chi connectivity index (χ2n) is 5.17. The number of carbonyl (C=O) groups excluding carboxylic acids is 1. The Kier molecular flexibility index (Phi) is 2.56. The third-order valence-electron chi connectivity index (χ3n) is 3.98. The van der Waals surface area contributed by atoms with Gasteiger partial charge in [0, 0.05) is 26.1 Å². The molecule has 0 bridgehead atoms. The van der Waals surface area contributed by atoms with E-state index in [0.29, 0.717) is 26.1 Å². The maximum absolute atomic E-state index is 12.6. The van der Waals surface area contributed by atoms with Gasteiger partial charge in [0.25, 0.3) is 0 Å². The van der Waals surface area contributed by atoms with Gasteiger partial charge < -0.3 is 14.5 Å². The lowest BCUT2D eigenvalue weighted by atomic mass is 10.0. The lowest BCUT2D eigenvalue weighted by molar-refractivity contribution is -0.135. The van der Waals surface area contributed by atoms with Crippen LogP contribution in [0.1, 0.15) is 17.2 Å². The first-order chi connectivity index (χ1) is 9.81. The highest BCUT2D eigenvalue weighted by Gasteiger charge is 2.31. The van der Waals surface area contributed by atoms with E-state index in [0.717, 1.165) is 23.8 Å². The van der Waals surface area contributed by atoms with Crippen molar-refractivity contribution in [2.75, 3.05) is 6.54 Å². The molecule has 1 amide bonds. The fourth-order valence-corrected chi connectivity index (χ4v) is 2.82. The number of aromatic amines is 1. The van der Waals surface area contributed by atoms with Gasteiger partial charge in [0.1, 0.15) is 6.33 Å². The van der Waals surface area contributed by atoms with Crippen molar-refractivity contribution in [1.82, 2.24) is 34.9 Å². The molecule has 4 heterocycles. The topological polar surface area (TPSA) is 91.7 Å². The SMILES string of the molecule is O=C(C1Cc2nc[nH]c2CN1)N1CCn2cnnc2C1. The van der Waals surface area contributed by atoms with Gasteiger partial charge in [-0.05, 0) is 0 Å². The lowest BCUT2D eigenvalue weighted by Crippen LogP contribution is -2.51. The van der Waals surface area contributed by atoms with Gasteiger partial charge in [0.15, 0.2) is 5.82 Å². The van der Waals surface area contributed by atoms with Crippen molar-refractivity contribution in [2.45, 2.75) is 32.1 Å². The van der Waals surface area contributed by atoms with E-state index >= 15 is 0 Å². The van der Waals surface area contributed by atoms with Crippen molar-refractivity contribution in [3.8, 4) is 0 Å². The molecular formula is C12H15N7O. The van der Waals surface area contributed by atoms with E-state index in [-0.39, 0.29) is 11.9 Å². The molecule has 20 heavy (non-hydrogen) atoms. The highest BCUT2D eigenvalue weighted by Crippen LogP contribution is 2.16. The van der Waals surface area contributed by atoms with E-state index in [1.54, 1.807) is 12.7 Å². The van der Waals surface area contributed by atoms with Crippen LogP contribution in [0, 0.1) is 0 Å². The minimum atomic E-state index is -0.194. The second-order valence-corrected chi connectivity index (χ2v) is 5.17. The summed E-state index contributed by atoms with van der Waals surface area (Å²) in [5.41, 5.74) is 2.06. The van der Waals surface area contributed by atoms with Crippen LogP contribution in [0.25, 0.3) is 0 Å². The number of H-pyrrole nitrogens is 1. The van der Waals surface area contributed by atoms with Gasteiger partial charge in [-0.1, -0.05) is 0 Å². The van der Waals surface area contributed by atoms with E-state index < -0.39 is 0 Å². The molecule has 1 unspecified atom stereocenters. The molecule has 0 fully saturated rings. The molecule has 104 valence electrons. The number of nitrogens with one attached hydrogen (secondary N) is 2. The number of rotatable bonds is 1. The van der Waals surface area contributed by atoms with Crippen molar-refractivity contribution in [3.63, 3.8) is 0 Å². The zero-order valence-electron chi connectivity index (χ0n) is 10.9. The highest BCUT2D eigenvalue weighted by molar-refractivity contribution is 5.82. The van der Waals surface area contributed by atoms with Crippen molar-refractivity contribution in [2.24, 2.45) is 0 Å². The van der Waals surface area contributed by atoms with Crippen LogP contribution in [0.5, 0.6) is 0 Å². The fraction of sp³-hybridized carbons (Fsp3) is 0.500. The first kappa shape index (κ1) is 11.6. The van der Waals surface area contributed by atoms with E-state index in [4.69, 9.17) is 0 Å². The average Bonchev–Trinajstić information content (AvgIpc) is 3.13. The van der Waals surface area contributed by atoms with E-state index in [2.05, 4.69) is 25.5 Å². The molecule has 0 aromatic carbocycles. The van der Waals surface area contributed by atoms with Gasteiger partial charge >= 0.3 is 0 Å². The van der Waals surface area contributed by atoms with Gasteiger partial charge in [-0.3, -0.25) is 10.1 Å². The van der Waals surface area contributed by atoms with Gasteiger partial charge in [-0.2, -0.15) is 0 Å². The molecule has 4 rings (SSSR count). The number of carbonyl (C=O) groups is 1. The average molecular weight is 273 g/mol. The molecule has 0 radical (unpaired) electrons. The molecule has 0 aliphatic carbocycles. The summed E-state index contributed by atoms with van der Waals surface area (Å²) in [6, 6.07) is -0.194. The fourth-order valence-electron chi connectivity index (χ4n) is 2.82. The number of nitrogens with zero attached hydrogens (tertiary/aromatic N) is 5. The summed E-state index contributed by atoms with van der Waals surface area (Å²) in [5, 5.41) is 11.2. The number of amides is 1. The maximum atomic E-state index is 12.6. The van der Waals surface area contributed by atoms with Crippen molar-refractivity contribution >= 4 is 5.91 Å². The van der Waals surface area contributed by atoms with Gasteiger partial charge in [-0.15, -0.1) is 10.2 Å². The van der Waals surface area contributed by atoms with Crippen LogP contribution in [0.15, 0.2) is 12.7 Å². The summed E-state index contributed by atoms with van der Waals surface area (Å²) in [5.74, 6) is 0.966. The third-order valence-corrected chi connectivity index (χ3v) is 3.98. The largest absolute Gasteiger partial charge is 0.347 e. The Morgan fingerprint density at radius 2 is 2.35 bits per heavy atom. The van der Waals surface area contributed by atoms with Gasteiger partial charge in [-0.25, -0.2) is 4.98 Å². The standard InChI is InChI=1S/C12H15N7O/c20-12(9-3-8-10(4-13-9)15-6-14-8)18-1-2-19-7-16-17-11(19)5-18/h6-7,9,13H,1-5H2,(H,14,15). The van der Waals surface area contributed by atoms with Crippen LogP contribution in [0.4, 0.5) is 0 Å². The summed E-state index contributed by atoms with van der Waals surface area (Å²) >= 11 is 0. The number of aromatic nitrogens is 5. The molecule has 2 aliphatic rings.